The molecule has 4 nitrogen and oxygen atoms in total. The average molecular weight is 283 g/mol. The number of hydrogen-bond acceptors (Lipinski definition) is 3. The molecule has 0 saturated heterocycles. The van der Waals surface area contributed by atoms with E-state index in [9.17, 15) is 4.79 Å². The standard InChI is InChI=1S/C17H21N3O/c1-3-4-12-5-8-14(9-6-12)20-16-11-13(17(21)19-2)7-10-15(16)18/h5-11,20H,3-4,18H2,1-2H3,(H,19,21). The molecule has 0 unspecified atom stereocenters. The molecular formula is C17H21N3O. The fourth-order valence-corrected chi connectivity index (χ4v) is 2.15. The number of hydrogen-bond donors (Lipinski definition) is 3. The summed E-state index contributed by atoms with van der Waals surface area (Å²) >= 11 is 0. The summed E-state index contributed by atoms with van der Waals surface area (Å²) in [7, 11) is 1.61. The molecule has 0 aromatic heterocycles. The van der Waals surface area contributed by atoms with Crippen LogP contribution in [0.2, 0.25) is 0 Å². The second kappa shape index (κ2) is 6.79. The van der Waals surface area contributed by atoms with Crippen molar-refractivity contribution in [1.29, 1.82) is 0 Å². The minimum absolute atomic E-state index is 0.128. The summed E-state index contributed by atoms with van der Waals surface area (Å²) < 4.78 is 0. The van der Waals surface area contributed by atoms with Crippen LogP contribution in [0.4, 0.5) is 17.1 Å². The van der Waals surface area contributed by atoms with Crippen LogP contribution in [0.1, 0.15) is 29.3 Å². The number of amides is 1. The molecule has 0 aliphatic heterocycles. The maximum atomic E-state index is 11.7. The molecule has 0 heterocycles. The van der Waals surface area contributed by atoms with Crippen LogP contribution >= 0.6 is 0 Å². The number of benzene rings is 2. The fraction of sp³-hybridized carbons (Fsp3) is 0.235. The lowest BCUT2D eigenvalue weighted by molar-refractivity contribution is 0.0963. The van der Waals surface area contributed by atoms with Crippen LogP contribution in [0.5, 0.6) is 0 Å². The van der Waals surface area contributed by atoms with E-state index >= 15 is 0 Å². The molecule has 2 rings (SSSR count). The third kappa shape index (κ3) is 3.75. The summed E-state index contributed by atoms with van der Waals surface area (Å²) in [5.41, 5.74) is 10.2. The van der Waals surface area contributed by atoms with E-state index in [-0.39, 0.29) is 5.91 Å². The van der Waals surface area contributed by atoms with E-state index in [0.717, 1.165) is 24.2 Å². The Hall–Kier alpha value is -2.49. The molecule has 0 fully saturated rings. The van der Waals surface area contributed by atoms with Crippen LogP contribution in [-0.4, -0.2) is 13.0 Å². The number of nitrogen functional groups attached to an aromatic ring is 1. The molecule has 110 valence electrons. The van der Waals surface area contributed by atoms with Gasteiger partial charge in [0.25, 0.3) is 5.91 Å². The molecule has 4 N–H and O–H groups in total. The second-order valence-corrected chi connectivity index (χ2v) is 4.95. The summed E-state index contributed by atoms with van der Waals surface area (Å²) in [5, 5.41) is 5.86. The summed E-state index contributed by atoms with van der Waals surface area (Å²) in [6, 6.07) is 13.5. The van der Waals surface area contributed by atoms with E-state index in [4.69, 9.17) is 5.73 Å². The van der Waals surface area contributed by atoms with Gasteiger partial charge in [-0.15, -0.1) is 0 Å². The molecule has 4 heteroatoms. The first-order valence-corrected chi connectivity index (χ1v) is 7.11. The SMILES string of the molecule is CCCc1ccc(Nc2cc(C(=O)NC)ccc2N)cc1. The maximum Gasteiger partial charge on any atom is 0.251 e. The summed E-state index contributed by atoms with van der Waals surface area (Å²) in [4.78, 5) is 11.7. The van der Waals surface area contributed by atoms with E-state index in [0.29, 0.717) is 11.3 Å². The highest BCUT2D eigenvalue weighted by atomic mass is 16.1. The number of aryl methyl sites for hydroxylation is 1. The Morgan fingerprint density at radius 2 is 1.86 bits per heavy atom. The summed E-state index contributed by atoms with van der Waals surface area (Å²) in [6.45, 7) is 2.16. The largest absolute Gasteiger partial charge is 0.397 e. The molecule has 2 aromatic rings. The number of carbonyl (C=O) groups is 1. The molecule has 0 aliphatic rings. The minimum atomic E-state index is -0.128. The van der Waals surface area contributed by atoms with Crippen molar-refractivity contribution in [3.05, 3.63) is 53.6 Å². The van der Waals surface area contributed by atoms with Gasteiger partial charge in [0.1, 0.15) is 0 Å². The van der Waals surface area contributed by atoms with E-state index in [1.807, 2.05) is 12.1 Å². The zero-order chi connectivity index (χ0) is 15.2. The van der Waals surface area contributed by atoms with Crippen LogP contribution in [0.15, 0.2) is 42.5 Å². The first-order valence-electron chi connectivity index (χ1n) is 7.11. The molecule has 0 spiro atoms. The monoisotopic (exact) mass is 283 g/mol. The van der Waals surface area contributed by atoms with Crippen molar-refractivity contribution in [2.45, 2.75) is 19.8 Å². The quantitative estimate of drug-likeness (QED) is 0.737. The molecule has 0 aliphatic carbocycles. The Morgan fingerprint density at radius 1 is 1.14 bits per heavy atom. The van der Waals surface area contributed by atoms with Gasteiger partial charge in [-0.2, -0.15) is 0 Å². The van der Waals surface area contributed by atoms with Crippen LogP contribution in [0, 0.1) is 0 Å². The van der Waals surface area contributed by atoms with Crippen LogP contribution < -0.4 is 16.4 Å². The van der Waals surface area contributed by atoms with E-state index in [2.05, 4.69) is 29.7 Å². The summed E-state index contributed by atoms with van der Waals surface area (Å²) in [5.74, 6) is -0.128. The van der Waals surface area contributed by atoms with Gasteiger partial charge in [0.05, 0.1) is 11.4 Å². The van der Waals surface area contributed by atoms with Gasteiger partial charge in [-0.3, -0.25) is 4.79 Å². The van der Waals surface area contributed by atoms with E-state index in [1.54, 1.807) is 25.2 Å². The van der Waals surface area contributed by atoms with Gasteiger partial charge in [-0.1, -0.05) is 25.5 Å². The first-order chi connectivity index (χ1) is 10.1. The number of nitrogens with two attached hydrogens (primary N) is 1. The van der Waals surface area contributed by atoms with Crippen molar-refractivity contribution in [3.8, 4) is 0 Å². The Labute approximate surface area is 125 Å². The molecule has 0 radical (unpaired) electrons. The molecule has 0 bridgehead atoms. The molecule has 2 aromatic carbocycles. The van der Waals surface area contributed by atoms with Gasteiger partial charge in [0, 0.05) is 18.3 Å². The fourth-order valence-electron chi connectivity index (χ4n) is 2.15. The van der Waals surface area contributed by atoms with Gasteiger partial charge >= 0.3 is 0 Å². The smallest absolute Gasteiger partial charge is 0.251 e. The normalized spacial score (nSPS) is 10.2. The maximum absolute atomic E-state index is 11.7. The topological polar surface area (TPSA) is 67.2 Å². The lowest BCUT2D eigenvalue weighted by Crippen LogP contribution is -2.17. The van der Waals surface area contributed by atoms with Gasteiger partial charge in [0.2, 0.25) is 0 Å². The third-order valence-corrected chi connectivity index (χ3v) is 3.31. The van der Waals surface area contributed by atoms with Crippen LogP contribution in [0.3, 0.4) is 0 Å². The number of nitrogens with one attached hydrogen (secondary N) is 2. The molecule has 0 saturated carbocycles. The second-order valence-electron chi connectivity index (χ2n) is 4.95. The Balaban J connectivity index is 2.20. The predicted octanol–water partition coefficient (Wildman–Crippen LogP) is 3.32. The lowest BCUT2D eigenvalue weighted by atomic mass is 10.1. The van der Waals surface area contributed by atoms with Crippen molar-refractivity contribution in [3.63, 3.8) is 0 Å². The third-order valence-electron chi connectivity index (χ3n) is 3.31. The molecule has 1 amide bonds. The first kappa shape index (κ1) is 14.9. The van der Waals surface area contributed by atoms with Crippen molar-refractivity contribution in [2.24, 2.45) is 0 Å². The molecule has 0 atom stereocenters. The van der Waals surface area contributed by atoms with Crippen LogP contribution in [0.25, 0.3) is 0 Å². The van der Waals surface area contributed by atoms with Gasteiger partial charge in [-0.05, 0) is 42.3 Å². The highest BCUT2D eigenvalue weighted by Gasteiger charge is 2.07. The molecule has 21 heavy (non-hydrogen) atoms. The zero-order valence-corrected chi connectivity index (χ0v) is 12.4. The van der Waals surface area contributed by atoms with E-state index in [1.165, 1.54) is 5.56 Å². The number of carbonyl (C=O) groups excluding carboxylic acids is 1. The Bertz CT molecular complexity index is 620. The lowest BCUT2D eigenvalue weighted by Gasteiger charge is -2.11. The molecular weight excluding hydrogens is 262 g/mol. The zero-order valence-electron chi connectivity index (χ0n) is 12.4. The van der Waals surface area contributed by atoms with Gasteiger partial charge < -0.3 is 16.4 Å². The summed E-state index contributed by atoms with van der Waals surface area (Å²) in [6.07, 6.45) is 2.21. The Morgan fingerprint density at radius 3 is 2.48 bits per heavy atom. The van der Waals surface area contributed by atoms with Crippen molar-refractivity contribution < 1.29 is 4.79 Å². The number of rotatable bonds is 5. The minimum Gasteiger partial charge on any atom is -0.397 e. The number of anilines is 3. The highest BCUT2D eigenvalue weighted by Crippen LogP contribution is 2.24. The van der Waals surface area contributed by atoms with Crippen molar-refractivity contribution in [2.75, 3.05) is 18.1 Å². The Kier molecular flexibility index (Phi) is 4.82. The van der Waals surface area contributed by atoms with Gasteiger partial charge in [0.15, 0.2) is 0 Å². The average Bonchev–Trinajstić information content (AvgIpc) is 2.51. The van der Waals surface area contributed by atoms with Crippen molar-refractivity contribution in [1.82, 2.24) is 5.32 Å². The van der Waals surface area contributed by atoms with Crippen molar-refractivity contribution >= 4 is 23.0 Å². The van der Waals surface area contributed by atoms with E-state index < -0.39 is 0 Å². The van der Waals surface area contributed by atoms with Gasteiger partial charge in [-0.25, -0.2) is 0 Å². The highest BCUT2D eigenvalue weighted by molar-refractivity contribution is 5.96. The van der Waals surface area contributed by atoms with Crippen LogP contribution in [-0.2, 0) is 6.42 Å². The predicted molar refractivity (Wildman–Crippen MR) is 88.0 cm³/mol.